The Morgan fingerprint density at radius 3 is 2.88 bits per heavy atom. The normalized spacial score (nSPS) is 17.1. The van der Waals surface area contributed by atoms with Gasteiger partial charge in [-0.05, 0) is 25.0 Å². The van der Waals surface area contributed by atoms with Crippen LogP contribution in [0.3, 0.4) is 0 Å². The zero-order valence-electron chi connectivity index (χ0n) is 9.19. The maximum absolute atomic E-state index is 13.1. The molecule has 0 spiro atoms. The molecule has 0 bridgehead atoms. The summed E-state index contributed by atoms with van der Waals surface area (Å²) in [6, 6.07) is 6.44. The van der Waals surface area contributed by atoms with Crippen LogP contribution in [0.1, 0.15) is 17.8 Å². The number of hydrogen-bond acceptors (Lipinski definition) is 3. The molecule has 0 radical (unpaired) electrons. The highest BCUT2D eigenvalue weighted by atomic mass is 32.1. The number of thiazole rings is 1. The molecule has 4 heteroatoms. The third-order valence-electron chi connectivity index (χ3n) is 3.23. The number of aromatic nitrogens is 1. The molecule has 0 unspecified atom stereocenters. The van der Waals surface area contributed by atoms with E-state index < -0.39 is 0 Å². The van der Waals surface area contributed by atoms with Gasteiger partial charge < -0.3 is 5.11 Å². The van der Waals surface area contributed by atoms with Crippen LogP contribution in [0.4, 0.5) is 4.39 Å². The van der Waals surface area contributed by atoms with Gasteiger partial charge in [-0.2, -0.15) is 0 Å². The van der Waals surface area contributed by atoms with Gasteiger partial charge in [0.15, 0.2) is 0 Å². The standard InChI is InChI=1S/C13H12FNOS/c14-10-3-1-2-9(6-10)11-7-17-12(15-11)13(8-16)4-5-13/h1-3,6-7,16H,4-5,8H2. The van der Waals surface area contributed by atoms with Gasteiger partial charge in [-0.15, -0.1) is 11.3 Å². The number of halogens is 1. The number of aliphatic hydroxyl groups is 1. The molecule has 1 N–H and O–H groups in total. The van der Waals surface area contributed by atoms with E-state index in [2.05, 4.69) is 4.98 Å². The quantitative estimate of drug-likeness (QED) is 0.907. The van der Waals surface area contributed by atoms with Crippen LogP contribution in [0.2, 0.25) is 0 Å². The summed E-state index contributed by atoms with van der Waals surface area (Å²) >= 11 is 1.55. The van der Waals surface area contributed by atoms with E-state index >= 15 is 0 Å². The Balaban J connectivity index is 1.95. The monoisotopic (exact) mass is 249 g/mol. The maximum atomic E-state index is 13.1. The van der Waals surface area contributed by atoms with E-state index in [1.54, 1.807) is 17.4 Å². The highest BCUT2D eigenvalue weighted by molar-refractivity contribution is 7.10. The fourth-order valence-corrected chi connectivity index (χ4v) is 2.97. The highest BCUT2D eigenvalue weighted by Crippen LogP contribution is 2.49. The maximum Gasteiger partial charge on any atom is 0.123 e. The van der Waals surface area contributed by atoms with E-state index in [0.29, 0.717) is 0 Å². The molecule has 3 rings (SSSR count). The first-order chi connectivity index (χ1) is 8.23. The first-order valence-corrected chi connectivity index (χ1v) is 6.44. The van der Waals surface area contributed by atoms with Crippen LogP contribution in [0.5, 0.6) is 0 Å². The largest absolute Gasteiger partial charge is 0.395 e. The minimum Gasteiger partial charge on any atom is -0.395 e. The summed E-state index contributed by atoms with van der Waals surface area (Å²) in [5, 5.41) is 12.2. The fourth-order valence-electron chi connectivity index (χ4n) is 1.89. The Morgan fingerprint density at radius 1 is 1.41 bits per heavy atom. The predicted molar refractivity (Wildman–Crippen MR) is 65.5 cm³/mol. The van der Waals surface area contributed by atoms with Gasteiger partial charge in [0, 0.05) is 16.4 Å². The van der Waals surface area contributed by atoms with Gasteiger partial charge >= 0.3 is 0 Å². The van der Waals surface area contributed by atoms with Crippen molar-refractivity contribution in [1.29, 1.82) is 0 Å². The molecule has 2 nitrogen and oxygen atoms in total. The number of benzene rings is 1. The Bertz CT molecular complexity index is 548. The second kappa shape index (κ2) is 3.89. The SMILES string of the molecule is OCC1(c2nc(-c3cccc(F)c3)cs2)CC1. The molecule has 0 amide bonds. The molecule has 88 valence electrons. The van der Waals surface area contributed by atoms with Crippen LogP contribution >= 0.6 is 11.3 Å². The summed E-state index contributed by atoms with van der Waals surface area (Å²) in [5.41, 5.74) is 1.49. The van der Waals surface area contributed by atoms with Gasteiger partial charge in [0.25, 0.3) is 0 Å². The lowest BCUT2D eigenvalue weighted by Crippen LogP contribution is -2.11. The van der Waals surface area contributed by atoms with E-state index in [1.807, 2.05) is 11.4 Å². The zero-order valence-corrected chi connectivity index (χ0v) is 10.0. The molecular formula is C13H12FNOS. The van der Waals surface area contributed by atoms with E-state index in [-0.39, 0.29) is 17.8 Å². The summed E-state index contributed by atoms with van der Waals surface area (Å²) in [7, 11) is 0. The number of hydrogen-bond donors (Lipinski definition) is 1. The van der Waals surface area contributed by atoms with Crippen molar-refractivity contribution >= 4 is 11.3 Å². The molecule has 0 aliphatic heterocycles. The first kappa shape index (κ1) is 10.9. The third-order valence-corrected chi connectivity index (χ3v) is 4.32. The van der Waals surface area contributed by atoms with Crippen LogP contribution < -0.4 is 0 Å². The molecule has 1 saturated carbocycles. The van der Waals surface area contributed by atoms with E-state index in [9.17, 15) is 9.50 Å². The smallest absolute Gasteiger partial charge is 0.123 e. The number of rotatable bonds is 3. The third kappa shape index (κ3) is 1.87. The second-order valence-electron chi connectivity index (χ2n) is 4.49. The molecule has 1 aliphatic rings. The van der Waals surface area contributed by atoms with Crippen molar-refractivity contribution in [3.63, 3.8) is 0 Å². The lowest BCUT2D eigenvalue weighted by molar-refractivity contribution is 0.255. The molecule has 1 aliphatic carbocycles. The molecule has 1 fully saturated rings. The van der Waals surface area contributed by atoms with Crippen molar-refractivity contribution < 1.29 is 9.50 Å². The Kier molecular flexibility index (Phi) is 2.49. The van der Waals surface area contributed by atoms with Gasteiger partial charge in [-0.25, -0.2) is 9.37 Å². The summed E-state index contributed by atoms with van der Waals surface area (Å²) < 4.78 is 13.1. The molecule has 0 atom stereocenters. The van der Waals surface area contributed by atoms with Gasteiger partial charge in [-0.3, -0.25) is 0 Å². The molecular weight excluding hydrogens is 237 g/mol. The van der Waals surface area contributed by atoms with Gasteiger partial charge in [0.1, 0.15) is 10.8 Å². The summed E-state index contributed by atoms with van der Waals surface area (Å²) in [5.74, 6) is -0.250. The fraction of sp³-hybridized carbons (Fsp3) is 0.308. The van der Waals surface area contributed by atoms with Gasteiger partial charge in [0.2, 0.25) is 0 Å². The minimum atomic E-state index is -0.250. The van der Waals surface area contributed by atoms with E-state index in [1.165, 1.54) is 12.1 Å². The predicted octanol–water partition coefficient (Wildman–Crippen LogP) is 2.97. The summed E-state index contributed by atoms with van der Waals surface area (Å²) in [6.07, 6.45) is 2.00. The molecule has 0 saturated heterocycles. The van der Waals surface area contributed by atoms with Crippen molar-refractivity contribution in [2.45, 2.75) is 18.3 Å². The molecule has 1 heterocycles. The van der Waals surface area contributed by atoms with Crippen molar-refractivity contribution in [3.05, 3.63) is 40.5 Å². The van der Waals surface area contributed by atoms with Crippen LogP contribution in [0.15, 0.2) is 29.6 Å². The molecule has 1 aromatic carbocycles. The summed E-state index contributed by atoms with van der Waals surface area (Å²) in [6.45, 7) is 0.156. The van der Waals surface area contributed by atoms with Crippen LogP contribution in [0, 0.1) is 5.82 Å². The van der Waals surface area contributed by atoms with Crippen molar-refractivity contribution in [2.75, 3.05) is 6.61 Å². The highest BCUT2D eigenvalue weighted by Gasteiger charge is 2.46. The topological polar surface area (TPSA) is 33.1 Å². The van der Waals surface area contributed by atoms with Crippen molar-refractivity contribution in [3.8, 4) is 11.3 Å². The Hall–Kier alpha value is -1.26. The Labute approximate surface area is 103 Å². The molecule has 17 heavy (non-hydrogen) atoms. The zero-order chi connectivity index (χ0) is 11.9. The van der Waals surface area contributed by atoms with E-state index in [0.717, 1.165) is 29.1 Å². The molecule has 1 aromatic heterocycles. The van der Waals surface area contributed by atoms with Crippen LogP contribution in [0.25, 0.3) is 11.3 Å². The van der Waals surface area contributed by atoms with Crippen LogP contribution in [-0.2, 0) is 5.41 Å². The average Bonchev–Trinajstić information content (AvgIpc) is 2.99. The average molecular weight is 249 g/mol. The van der Waals surface area contributed by atoms with E-state index in [4.69, 9.17) is 0 Å². The first-order valence-electron chi connectivity index (χ1n) is 5.56. The van der Waals surface area contributed by atoms with Crippen LogP contribution in [-0.4, -0.2) is 16.7 Å². The molecule has 2 aromatic rings. The Morgan fingerprint density at radius 2 is 2.24 bits per heavy atom. The second-order valence-corrected chi connectivity index (χ2v) is 5.34. The minimum absolute atomic E-state index is 0.101. The van der Waals surface area contributed by atoms with Crippen molar-refractivity contribution in [1.82, 2.24) is 4.98 Å². The van der Waals surface area contributed by atoms with Gasteiger partial charge in [-0.1, -0.05) is 12.1 Å². The summed E-state index contributed by atoms with van der Waals surface area (Å²) in [4.78, 5) is 4.52. The lowest BCUT2D eigenvalue weighted by atomic mass is 10.1. The van der Waals surface area contributed by atoms with Crippen molar-refractivity contribution in [2.24, 2.45) is 0 Å². The number of aliphatic hydroxyl groups excluding tert-OH is 1. The lowest BCUT2D eigenvalue weighted by Gasteiger charge is -2.05. The van der Waals surface area contributed by atoms with Gasteiger partial charge in [0.05, 0.1) is 12.3 Å². The number of nitrogens with zero attached hydrogens (tertiary/aromatic N) is 1.